The summed E-state index contributed by atoms with van der Waals surface area (Å²) in [6.45, 7) is 0. The van der Waals surface area contributed by atoms with E-state index in [1.807, 2.05) is 43.3 Å². The lowest BCUT2D eigenvalue weighted by molar-refractivity contribution is -0.384. The zero-order chi connectivity index (χ0) is 21.8. The molecule has 0 saturated carbocycles. The standard InChI is InChI=1S/C19H18ClN5O4S/c1-24(2)13-6-3-11(4-7-13)22-19-23-18(27)16(30-19)10-17(26)21-12-5-8-14(20)15(9-12)25(28)29/h3-9,16H,10H2,1-2H3,(H,21,26)(H,22,23,27). The number of rotatable bonds is 6. The van der Waals surface area contributed by atoms with Gasteiger partial charge in [0.25, 0.3) is 5.69 Å². The minimum Gasteiger partial charge on any atom is -0.378 e. The van der Waals surface area contributed by atoms with Crippen LogP contribution in [-0.2, 0) is 9.59 Å². The molecule has 1 aliphatic heterocycles. The SMILES string of the molecule is CN(C)c1ccc(N=C2NC(=O)C(CC(=O)Nc3ccc(Cl)c([N+](=O)[O-])c3)S2)cc1. The minimum atomic E-state index is -0.646. The molecule has 30 heavy (non-hydrogen) atoms. The Labute approximate surface area is 181 Å². The van der Waals surface area contributed by atoms with Gasteiger partial charge in [-0.05, 0) is 36.4 Å². The van der Waals surface area contributed by atoms with E-state index < -0.39 is 16.1 Å². The summed E-state index contributed by atoms with van der Waals surface area (Å²) >= 11 is 6.93. The number of amides is 2. The van der Waals surface area contributed by atoms with Crippen molar-refractivity contribution < 1.29 is 14.5 Å². The molecule has 0 aliphatic carbocycles. The van der Waals surface area contributed by atoms with Gasteiger partial charge in [0.05, 0.1) is 10.6 Å². The predicted molar refractivity (Wildman–Crippen MR) is 119 cm³/mol. The molecular formula is C19H18ClN5O4S. The van der Waals surface area contributed by atoms with E-state index >= 15 is 0 Å². The maximum absolute atomic E-state index is 12.3. The van der Waals surface area contributed by atoms with Crippen molar-refractivity contribution in [3.05, 3.63) is 57.6 Å². The lowest BCUT2D eigenvalue weighted by atomic mass is 10.2. The first-order chi connectivity index (χ1) is 14.2. The van der Waals surface area contributed by atoms with Gasteiger partial charge in [-0.1, -0.05) is 23.4 Å². The van der Waals surface area contributed by atoms with Gasteiger partial charge < -0.3 is 15.5 Å². The summed E-state index contributed by atoms with van der Waals surface area (Å²) in [6, 6.07) is 11.5. The fourth-order valence-electron chi connectivity index (χ4n) is 2.65. The summed E-state index contributed by atoms with van der Waals surface area (Å²) in [5.74, 6) is -0.767. The molecule has 2 aromatic carbocycles. The average molecular weight is 448 g/mol. The van der Waals surface area contributed by atoms with Gasteiger partial charge in [0.2, 0.25) is 11.8 Å². The summed E-state index contributed by atoms with van der Waals surface area (Å²) in [6.07, 6.45) is -0.106. The van der Waals surface area contributed by atoms with Crippen LogP contribution in [0.15, 0.2) is 47.5 Å². The van der Waals surface area contributed by atoms with Crippen molar-refractivity contribution in [2.75, 3.05) is 24.3 Å². The van der Waals surface area contributed by atoms with E-state index in [9.17, 15) is 19.7 Å². The number of benzene rings is 2. The first-order valence-corrected chi connectivity index (χ1v) is 10.1. The van der Waals surface area contributed by atoms with Crippen LogP contribution in [0, 0.1) is 10.1 Å². The van der Waals surface area contributed by atoms with Crippen LogP contribution in [0.3, 0.4) is 0 Å². The van der Waals surface area contributed by atoms with Crippen LogP contribution < -0.4 is 15.5 Å². The Bertz CT molecular complexity index is 1030. The monoisotopic (exact) mass is 447 g/mol. The van der Waals surface area contributed by atoms with Gasteiger partial charge in [-0.3, -0.25) is 19.7 Å². The number of nitro groups is 1. The molecule has 1 heterocycles. The molecule has 1 fully saturated rings. The van der Waals surface area contributed by atoms with Crippen molar-refractivity contribution in [2.45, 2.75) is 11.7 Å². The first kappa shape index (κ1) is 21.6. The number of hydrogen-bond donors (Lipinski definition) is 2. The normalized spacial score (nSPS) is 17.0. The summed E-state index contributed by atoms with van der Waals surface area (Å²) in [4.78, 5) is 41.2. The first-order valence-electron chi connectivity index (χ1n) is 8.80. The lowest BCUT2D eigenvalue weighted by Gasteiger charge is -2.11. The van der Waals surface area contributed by atoms with E-state index in [2.05, 4.69) is 15.6 Å². The number of amidine groups is 1. The van der Waals surface area contributed by atoms with Gasteiger partial charge in [-0.25, -0.2) is 4.99 Å². The van der Waals surface area contributed by atoms with Crippen molar-refractivity contribution in [2.24, 2.45) is 4.99 Å². The zero-order valence-corrected chi connectivity index (χ0v) is 17.7. The molecular weight excluding hydrogens is 430 g/mol. The molecule has 2 aromatic rings. The van der Waals surface area contributed by atoms with Crippen LogP contribution in [0.25, 0.3) is 0 Å². The molecule has 1 saturated heterocycles. The number of carbonyl (C=O) groups excluding carboxylic acids is 2. The van der Waals surface area contributed by atoms with Crippen molar-refractivity contribution in [1.82, 2.24) is 5.32 Å². The highest BCUT2D eigenvalue weighted by molar-refractivity contribution is 8.15. The molecule has 2 N–H and O–H groups in total. The molecule has 0 aromatic heterocycles. The van der Waals surface area contributed by atoms with Crippen LogP contribution in [0.4, 0.5) is 22.7 Å². The summed E-state index contributed by atoms with van der Waals surface area (Å²) < 4.78 is 0. The molecule has 1 unspecified atom stereocenters. The molecule has 1 atom stereocenters. The Balaban J connectivity index is 1.62. The summed E-state index contributed by atoms with van der Waals surface area (Å²) in [7, 11) is 3.87. The fourth-order valence-corrected chi connectivity index (χ4v) is 3.82. The van der Waals surface area contributed by atoms with Crippen molar-refractivity contribution >= 4 is 63.1 Å². The third-order valence-corrected chi connectivity index (χ3v) is 5.57. The van der Waals surface area contributed by atoms with Gasteiger partial charge in [-0.2, -0.15) is 0 Å². The highest BCUT2D eigenvalue weighted by Gasteiger charge is 2.32. The van der Waals surface area contributed by atoms with E-state index in [1.165, 1.54) is 18.2 Å². The number of carbonyl (C=O) groups is 2. The van der Waals surface area contributed by atoms with E-state index in [4.69, 9.17) is 11.6 Å². The van der Waals surface area contributed by atoms with E-state index in [-0.39, 0.29) is 28.7 Å². The maximum atomic E-state index is 12.3. The van der Waals surface area contributed by atoms with Crippen LogP contribution in [0.2, 0.25) is 5.02 Å². The number of nitro benzene ring substituents is 1. The second-order valence-electron chi connectivity index (χ2n) is 6.60. The Morgan fingerprint density at radius 1 is 1.30 bits per heavy atom. The zero-order valence-electron chi connectivity index (χ0n) is 16.1. The predicted octanol–water partition coefficient (Wildman–Crippen LogP) is 3.56. The quantitative estimate of drug-likeness (QED) is 0.516. The lowest BCUT2D eigenvalue weighted by Crippen LogP contribution is -2.28. The smallest absolute Gasteiger partial charge is 0.289 e. The van der Waals surface area contributed by atoms with Gasteiger partial charge in [-0.15, -0.1) is 0 Å². The number of hydrogen-bond acceptors (Lipinski definition) is 7. The molecule has 3 rings (SSSR count). The number of anilines is 2. The molecule has 11 heteroatoms. The Morgan fingerprint density at radius 3 is 2.63 bits per heavy atom. The molecule has 0 spiro atoms. The Hall–Kier alpha value is -3.11. The van der Waals surface area contributed by atoms with Crippen molar-refractivity contribution in [3.8, 4) is 0 Å². The highest BCUT2D eigenvalue weighted by Crippen LogP contribution is 2.29. The summed E-state index contributed by atoms with van der Waals surface area (Å²) in [5.41, 5.74) is 1.63. The number of halogens is 1. The van der Waals surface area contributed by atoms with Gasteiger partial charge in [0.1, 0.15) is 10.3 Å². The minimum absolute atomic E-state index is 0.0248. The summed E-state index contributed by atoms with van der Waals surface area (Å²) in [5, 5.41) is 15.9. The topological polar surface area (TPSA) is 117 Å². The van der Waals surface area contributed by atoms with Crippen molar-refractivity contribution in [1.29, 1.82) is 0 Å². The highest BCUT2D eigenvalue weighted by atomic mass is 35.5. The Morgan fingerprint density at radius 2 is 2.00 bits per heavy atom. The molecule has 0 bridgehead atoms. The van der Waals surface area contributed by atoms with Gasteiger partial charge in [0.15, 0.2) is 5.17 Å². The van der Waals surface area contributed by atoms with Gasteiger partial charge >= 0.3 is 0 Å². The number of thioether (sulfide) groups is 1. The third kappa shape index (κ3) is 5.28. The Kier molecular flexibility index (Phi) is 6.58. The van der Waals surface area contributed by atoms with Crippen LogP contribution in [0.5, 0.6) is 0 Å². The average Bonchev–Trinajstić information content (AvgIpc) is 3.02. The number of nitrogens with one attached hydrogen (secondary N) is 2. The number of aliphatic imine (C=N–C) groups is 1. The maximum Gasteiger partial charge on any atom is 0.289 e. The van der Waals surface area contributed by atoms with Gasteiger partial charge in [0, 0.05) is 38.0 Å². The molecule has 9 nitrogen and oxygen atoms in total. The van der Waals surface area contributed by atoms with E-state index in [0.717, 1.165) is 17.4 Å². The third-order valence-electron chi connectivity index (χ3n) is 4.17. The molecule has 0 radical (unpaired) electrons. The second-order valence-corrected chi connectivity index (χ2v) is 8.20. The molecule has 2 amide bonds. The fraction of sp³-hybridized carbons (Fsp3) is 0.211. The van der Waals surface area contributed by atoms with Crippen LogP contribution in [-0.4, -0.2) is 41.3 Å². The number of nitrogens with zero attached hydrogens (tertiary/aromatic N) is 3. The molecule has 1 aliphatic rings. The second kappa shape index (κ2) is 9.14. The molecule has 156 valence electrons. The van der Waals surface area contributed by atoms with E-state index in [0.29, 0.717) is 10.9 Å². The largest absolute Gasteiger partial charge is 0.378 e. The van der Waals surface area contributed by atoms with Crippen molar-refractivity contribution in [3.63, 3.8) is 0 Å². The van der Waals surface area contributed by atoms with Crippen LogP contribution in [0.1, 0.15) is 6.42 Å². The van der Waals surface area contributed by atoms with Crippen LogP contribution >= 0.6 is 23.4 Å². The van der Waals surface area contributed by atoms with E-state index in [1.54, 1.807) is 0 Å².